The van der Waals surface area contributed by atoms with E-state index in [0.717, 1.165) is 0 Å². The van der Waals surface area contributed by atoms with E-state index in [1.165, 1.54) is 10.7 Å². The second kappa shape index (κ2) is 6.95. The third-order valence-electron chi connectivity index (χ3n) is 3.39. The van der Waals surface area contributed by atoms with Crippen LogP contribution >= 0.6 is 0 Å². The smallest absolute Gasteiger partial charge is 0.265 e. The Labute approximate surface area is 138 Å². The molecule has 1 unspecified atom stereocenters. The quantitative estimate of drug-likeness (QED) is 0.782. The zero-order chi connectivity index (χ0) is 16.9. The van der Waals surface area contributed by atoms with Crippen molar-refractivity contribution in [1.82, 2.24) is 9.78 Å². The molecule has 1 aromatic heterocycles. The van der Waals surface area contributed by atoms with E-state index >= 15 is 0 Å². The number of benzene rings is 2. The van der Waals surface area contributed by atoms with Crippen LogP contribution in [0.4, 0.5) is 10.1 Å². The van der Waals surface area contributed by atoms with Gasteiger partial charge in [-0.3, -0.25) is 4.79 Å². The molecule has 0 aliphatic heterocycles. The van der Waals surface area contributed by atoms with Crippen molar-refractivity contribution in [2.45, 2.75) is 13.0 Å². The zero-order valence-electron chi connectivity index (χ0n) is 13.0. The summed E-state index contributed by atoms with van der Waals surface area (Å²) in [7, 11) is 0. The molecular weight excluding hydrogens is 309 g/mol. The van der Waals surface area contributed by atoms with E-state index in [1.54, 1.807) is 49.6 Å². The maximum Gasteiger partial charge on any atom is 0.265 e. The molecule has 0 aliphatic carbocycles. The van der Waals surface area contributed by atoms with Crippen molar-refractivity contribution >= 4 is 11.6 Å². The van der Waals surface area contributed by atoms with Gasteiger partial charge in [0.05, 0.1) is 0 Å². The van der Waals surface area contributed by atoms with Crippen molar-refractivity contribution in [3.05, 3.63) is 72.8 Å². The first-order chi connectivity index (χ1) is 11.6. The van der Waals surface area contributed by atoms with Crippen molar-refractivity contribution < 1.29 is 13.9 Å². The molecule has 0 bridgehead atoms. The fourth-order valence-corrected chi connectivity index (χ4v) is 2.18. The third kappa shape index (κ3) is 3.60. The van der Waals surface area contributed by atoms with Crippen LogP contribution in [-0.2, 0) is 4.79 Å². The van der Waals surface area contributed by atoms with Gasteiger partial charge in [0.1, 0.15) is 11.4 Å². The summed E-state index contributed by atoms with van der Waals surface area (Å²) in [5, 5.41) is 6.62. The molecular formula is C18H16FN3O2. The summed E-state index contributed by atoms with van der Waals surface area (Å²) < 4.78 is 21.1. The SMILES string of the molecule is CC(Oc1ccccc1)C(=O)Nc1ccc(-n2cccn2)c(F)c1. The van der Waals surface area contributed by atoms with Gasteiger partial charge in [-0.25, -0.2) is 9.07 Å². The van der Waals surface area contributed by atoms with Gasteiger partial charge in [0.25, 0.3) is 5.91 Å². The molecule has 0 spiro atoms. The maximum atomic E-state index is 14.2. The van der Waals surface area contributed by atoms with E-state index in [9.17, 15) is 9.18 Å². The van der Waals surface area contributed by atoms with Crippen LogP contribution in [0.15, 0.2) is 67.0 Å². The average molecular weight is 325 g/mol. The van der Waals surface area contributed by atoms with Gasteiger partial charge in [0.2, 0.25) is 0 Å². The predicted molar refractivity (Wildman–Crippen MR) is 88.7 cm³/mol. The Kier molecular flexibility index (Phi) is 4.56. The molecule has 2 aromatic carbocycles. The van der Waals surface area contributed by atoms with Crippen LogP contribution in [-0.4, -0.2) is 21.8 Å². The van der Waals surface area contributed by atoms with Crippen LogP contribution < -0.4 is 10.1 Å². The summed E-state index contributed by atoms with van der Waals surface area (Å²) in [4.78, 5) is 12.2. The summed E-state index contributed by atoms with van der Waals surface area (Å²) in [6.45, 7) is 1.64. The number of hydrogen-bond acceptors (Lipinski definition) is 3. The number of anilines is 1. The summed E-state index contributed by atoms with van der Waals surface area (Å²) in [6, 6.07) is 15.2. The number of para-hydroxylation sites is 1. The molecule has 3 rings (SSSR count). The molecule has 3 aromatic rings. The maximum absolute atomic E-state index is 14.2. The molecule has 122 valence electrons. The van der Waals surface area contributed by atoms with E-state index in [0.29, 0.717) is 17.1 Å². The highest BCUT2D eigenvalue weighted by molar-refractivity contribution is 5.94. The van der Waals surface area contributed by atoms with Crippen LogP contribution in [0.5, 0.6) is 5.75 Å². The fraction of sp³-hybridized carbons (Fsp3) is 0.111. The highest BCUT2D eigenvalue weighted by atomic mass is 19.1. The lowest BCUT2D eigenvalue weighted by Gasteiger charge is -2.15. The molecule has 1 N–H and O–H groups in total. The van der Waals surface area contributed by atoms with E-state index < -0.39 is 11.9 Å². The van der Waals surface area contributed by atoms with Crippen molar-refractivity contribution in [1.29, 1.82) is 0 Å². The number of ether oxygens (including phenoxy) is 1. The van der Waals surface area contributed by atoms with Crippen LogP contribution in [0.3, 0.4) is 0 Å². The van der Waals surface area contributed by atoms with Gasteiger partial charge in [0, 0.05) is 18.1 Å². The number of rotatable bonds is 5. The highest BCUT2D eigenvalue weighted by Gasteiger charge is 2.15. The Morgan fingerprint density at radius 1 is 1.21 bits per heavy atom. The Morgan fingerprint density at radius 2 is 2.00 bits per heavy atom. The van der Waals surface area contributed by atoms with Crippen LogP contribution in [0.2, 0.25) is 0 Å². The standard InChI is InChI=1S/C18H16FN3O2/c1-13(24-15-6-3-2-4-7-15)18(23)21-14-8-9-17(16(19)12-14)22-11-5-10-20-22/h2-13H,1H3,(H,21,23). The van der Waals surface area contributed by atoms with Gasteiger partial charge in [-0.1, -0.05) is 18.2 Å². The first kappa shape index (κ1) is 15.7. The van der Waals surface area contributed by atoms with Gasteiger partial charge in [-0.05, 0) is 43.3 Å². The van der Waals surface area contributed by atoms with Crippen molar-refractivity contribution in [2.75, 3.05) is 5.32 Å². The second-order valence-corrected chi connectivity index (χ2v) is 5.18. The molecule has 0 saturated heterocycles. The third-order valence-corrected chi connectivity index (χ3v) is 3.39. The molecule has 0 radical (unpaired) electrons. The predicted octanol–water partition coefficient (Wildman–Crippen LogP) is 3.42. The van der Waals surface area contributed by atoms with E-state index in [-0.39, 0.29) is 5.91 Å². The molecule has 1 atom stereocenters. The Hall–Kier alpha value is -3.15. The van der Waals surface area contributed by atoms with Crippen molar-refractivity contribution in [2.24, 2.45) is 0 Å². The monoisotopic (exact) mass is 325 g/mol. The number of carbonyl (C=O) groups is 1. The summed E-state index contributed by atoms with van der Waals surface area (Å²) in [6.07, 6.45) is 2.51. The lowest BCUT2D eigenvalue weighted by Crippen LogP contribution is -2.30. The van der Waals surface area contributed by atoms with Crippen LogP contribution in [0, 0.1) is 5.82 Å². The van der Waals surface area contributed by atoms with Gasteiger partial charge in [-0.2, -0.15) is 5.10 Å². The topological polar surface area (TPSA) is 56.1 Å². The van der Waals surface area contributed by atoms with Gasteiger partial charge >= 0.3 is 0 Å². The van der Waals surface area contributed by atoms with E-state index in [1.807, 2.05) is 18.2 Å². The second-order valence-electron chi connectivity index (χ2n) is 5.18. The highest BCUT2D eigenvalue weighted by Crippen LogP contribution is 2.18. The number of aromatic nitrogens is 2. The number of hydrogen-bond donors (Lipinski definition) is 1. The molecule has 0 fully saturated rings. The zero-order valence-corrected chi connectivity index (χ0v) is 13.0. The van der Waals surface area contributed by atoms with Gasteiger partial charge in [0.15, 0.2) is 11.9 Å². The molecule has 24 heavy (non-hydrogen) atoms. The molecule has 1 amide bonds. The Bertz CT molecular complexity index is 820. The Balaban J connectivity index is 1.67. The molecule has 0 saturated carbocycles. The number of amides is 1. The summed E-state index contributed by atoms with van der Waals surface area (Å²) >= 11 is 0. The minimum Gasteiger partial charge on any atom is -0.481 e. The lowest BCUT2D eigenvalue weighted by atomic mass is 10.2. The molecule has 5 nitrogen and oxygen atoms in total. The number of carbonyl (C=O) groups excluding carboxylic acids is 1. The van der Waals surface area contributed by atoms with Gasteiger partial charge < -0.3 is 10.1 Å². The van der Waals surface area contributed by atoms with Crippen LogP contribution in [0.25, 0.3) is 5.69 Å². The first-order valence-corrected chi connectivity index (χ1v) is 7.45. The largest absolute Gasteiger partial charge is 0.481 e. The number of nitrogens with one attached hydrogen (secondary N) is 1. The summed E-state index contributed by atoms with van der Waals surface area (Å²) in [5.74, 6) is -0.237. The first-order valence-electron chi connectivity index (χ1n) is 7.45. The minimum atomic E-state index is -0.707. The normalized spacial score (nSPS) is 11.8. The lowest BCUT2D eigenvalue weighted by molar-refractivity contribution is -0.122. The number of nitrogens with zero attached hydrogens (tertiary/aromatic N) is 2. The molecule has 1 heterocycles. The molecule has 0 aliphatic rings. The van der Waals surface area contributed by atoms with Crippen molar-refractivity contribution in [3.63, 3.8) is 0 Å². The van der Waals surface area contributed by atoms with E-state index in [4.69, 9.17) is 4.74 Å². The Morgan fingerprint density at radius 3 is 2.67 bits per heavy atom. The van der Waals surface area contributed by atoms with Crippen molar-refractivity contribution in [3.8, 4) is 11.4 Å². The fourth-order valence-electron chi connectivity index (χ4n) is 2.18. The molecule has 6 heteroatoms. The van der Waals surface area contributed by atoms with Crippen LogP contribution in [0.1, 0.15) is 6.92 Å². The average Bonchev–Trinajstić information content (AvgIpc) is 3.10. The minimum absolute atomic E-state index is 0.312. The summed E-state index contributed by atoms with van der Waals surface area (Å²) in [5.41, 5.74) is 0.670. The number of halogens is 1. The van der Waals surface area contributed by atoms with Gasteiger partial charge in [-0.15, -0.1) is 0 Å². The van der Waals surface area contributed by atoms with E-state index in [2.05, 4.69) is 10.4 Å².